The van der Waals surface area contributed by atoms with Crippen molar-refractivity contribution in [3.63, 3.8) is 0 Å². The number of hydrogen-bond acceptors (Lipinski definition) is 4. The highest BCUT2D eigenvalue weighted by Crippen LogP contribution is 2.23. The zero-order valence-electron chi connectivity index (χ0n) is 6.94. The van der Waals surface area contributed by atoms with Crippen LogP contribution in [0.3, 0.4) is 0 Å². The Hall–Kier alpha value is -1.10. The fourth-order valence-electron chi connectivity index (χ4n) is 0.807. The molecule has 12 heavy (non-hydrogen) atoms. The quantitative estimate of drug-likeness (QED) is 0.447. The predicted octanol–water partition coefficient (Wildman–Crippen LogP) is -0.809. The van der Waals surface area contributed by atoms with Crippen molar-refractivity contribution < 1.29 is 19.1 Å². The summed E-state index contributed by atoms with van der Waals surface area (Å²) in [6.45, 7) is 3.44. The standard InChI is InChI=1S/C7H11NO4/c1-3(2)11-7(10)5-4(12-5)6(8)9/h3-5H,1-2H3,(H2,8,9)/t4-,5+/m0/s1. The Morgan fingerprint density at radius 3 is 2.33 bits per heavy atom. The Labute approximate surface area is 69.8 Å². The molecule has 1 amide bonds. The number of rotatable bonds is 3. The maximum atomic E-state index is 11.0. The lowest BCUT2D eigenvalue weighted by molar-refractivity contribution is -0.149. The zero-order valence-corrected chi connectivity index (χ0v) is 6.94. The third-order valence-electron chi connectivity index (χ3n) is 1.36. The molecule has 0 aliphatic carbocycles. The van der Waals surface area contributed by atoms with Crippen molar-refractivity contribution in [2.45, 2.75) is 32.2 Å². The van der Waals surface area contributed by atoms with Crippen LogP contribution in [0.5, 0.6) is 0 Å². The second-order valence-corrected chi connectivity index (χ2v) is 2.87. The van der Waals surface area contributed by atoms with E-state index in [1.54, 1.807) is 13.8 Å². The number of ether oxygens (including phenoxy) is 2. The highest BCUT2D eigenvalue weighted by molar-refractivity contribution is 5.91. The second kappa shape index (κ2) is 3.10. The van der Waals surface area contributed by atoms with Crippen LogP contribution in [-0.4, -0.2) is 30.2 Å². The second-order valence-electron chi connectivity index (χ2n) is 2.87. The summed E-state index contributed by atoms with van der Waals surface area (Å²) in [4.78, 5) is 21.4. The molecule has 0 aromatic heterocycles. The molecule has 5 nitrogen and oxygen atoms in total. The molecule has 68 valence electrons. The lowest BCUT2D eigenvalue weighted by Gasteiger charge is -2.04. The average Bonchev–Trinajstić information content (AvgIpc) is 2.61. The van der Waals surface area contributed by atoms with E-state index in [1.807, 2.05) is 0 Å². The summed E-state index contributed by atoms with van der Waals surface area (Å²) in [6.07, 6.45) is -1.75. The summed E-state index contributed by atoms with van der Waals surface area (Å²) < 4.78 is 9.47. The zero-order chi connectivity index (χ0) is 9.30. The van der Waals surface area contributed by atoms with E-state index in [-0.39, 0.29) is 6.10 Å². The molecule has 1 aliphatic heterocycles. The Morgan fingerprint density at radius 2 is 2.00 bits per heavy atom. The number of epoxide rings is 1. The van der Waals surface area contributed by atoms with Gasteiger partial charge in [-0.2, -0.15) is 0 Å². The Bertz CT molecular complexity index is 213. The fourth-order valence-corrected chi connectivity index (χ4v) is 0.807. The molecule has 1 saturated heterocycles. The molecule has 0 aromatic carbocycles. The van der Waals surface area contributed by atoms with Crippen molar-refractivity contribution in [2.24, 2.45) is 5.73 Å². The summed E-state index contributed by atoms with van der Waals surface area (Å²) in [6, 6.07) is 0. The van der Waals surface area contributed by atoms with E-state index in [0.29, 0.717) is 0 Å². The molecular formula is C7H11NO4. The van der Waals surface area contributed by atoms with E-state index >= 15 is 0 Å². The molecular weight excluding hydrogens is 162 g/mol. The van der Waals surface area contributed by atoms with Gasteiger partial charge in [0.2, 0.25) is 5.91 Å². The van der Waals surface area contributed by atoms with Gasteiger partial charge in [-0.25, -0.2) is 4.79 Å². The van der Waals surface area contributed by atoms with Crippen molar-refractivity contribution in [3.05, 3.63) is 0 Å². The number of esters is 1. The van der Waals surface area contributed by atoms with Gasteiger partial charge in [0.15, 0.2) is 12.2 Å². The topological polar surface area (TPSA) is 81.9 Å². The van der Waals surface area contributed by atoms with E-state index in [9.17, 15) is 9.59 Å². The third kappa shape index (κ3) is 1.94. The lowest BCUT2D eigenvalue weighted by Crippen LogP contribution is -2.25. The van der Waals surface area contributed by atoms with Crippen LogP contribution in [0.15, 0.2) is 0 Å². The third-order valence-corrected chi connectivity index (χ3v) is 1.36. The van der Waals surface area contributed by atoms with E-state index < -0.39 is 24.1 Å². The van der Waals surface area contributed by atoms with E-state index in [4.69, 9.17) is 15.2 Å². The van der Waals surface area contributed by atoms with Gasteiger partial charge in [-0.15, -0.1) is 0 Å². The maximum absolute atomic E-state index is 11.0. The fraction of sp³-hybridized carbons (Fsp3) is 0.714. The van der Waals surface area contributed by atoms with Crippen LogP contribution in [-0.2, 0) is 19.1 Å². The van der Waals surface area contributed by atoms with Gasteiger partial charge >= 0.3 is 5.97 Å². The van der Waals surface area contributed by atoms with Crippen LogP contribution in [0.1, 0.15) is 13.8 Å². The van der Waals surface area contributed by atoms with E-state index in [2.05, 4.69) is 0 Å². The van der Waals surface area contributed by atoms with Crippen LogP contribution < -0.4 is 5.73 Å². The molecule has 1 fully saturated rings. The first-order valence-electron chi connectivity index (χ1n) is 3.67. The molecule has 0 unspecified atom stereocenters. The van der Waals surface area contributed by atoms with Crippen LogP contribution in [0.4, 0.5) is 0 Å². The summed E-state index contributed by atoms with van der Waals surface area (Å²) in [5, 5.41) is 0. The summed E-state index contributed by atoms with van der Waals surface area (Å²) in [5.74, 6) is -1.14. The van der Waals surface area contributed by atoms with Crippen LogP contribution >= 0.6 is 0 Å². The van der Waals surface area contributed by atoms with E-state index in [1.165, 1.54) is 0 Å². The smallest absolute Gasteiger partial charge is 0.338 e. The first kappa shape index (κ1) is 8.99. The van der Waals surface area contributed by atoms with Gasteiger partial charge in [-0.1, -0.05) is 0 Å². The van der Waals surface area contributed by atoms with Gasteiger partial charge in [-0.05, 0) is 13.8 Å². The summed E-state index contributed by atoms with van der Waals surface area (Å²) in [7, 11) is 0. The maximum Gasteiger partial charge on any atom is 0.338 e. The summed E-state index contributed by atoms with van der Waals surface area (Å²) >= 11 is 0. The number of amides is 1. The van der Waals surface area contributed by atoms with Crippen molar-refractivity contribution in [1.29, 1.82) is 0 Å². The minimum Gasteiger partial charge on any atom is -0.461 e. The number of hydrogen-bond donors (Lipinski definition) is 1. The monoisotopic (exact) mass is 173 g/mol. The summed E-state index contributed by atoms with van der Waals surface area (Å²) in [5.41, 5.74) is 4.89. The molecule has 5 heteroatoms. The normalized spacial score (nSPS) is 26.9. The number of carbonyl (C=O) groups is 2. The molecule has 0 saturated carbocycles. The average molecular weight is 173 g/mol. The van der Waals surface area contributed by atoms with Gasteiger partial charge in [0.05, 0.1) is 6.10 Å². The highest BCUT2D eigenvalue weighted by atomic mass is 16.6. The van der Waals surface area contributed by atoms with Gasteiger partial charge in [0.25, 0.3) is 0 Å². The highest BCUT2D eigenvalue weighted by Gasteiger charge is 2.50. The first-order valence-corrected chi connectivity index (χ1v) is 3.67. The molecule has 1 aliphatic rings. The lowest BCUT2D eigenvalue weighted by atomic mass is 10.3. The Balaban J connectivity index is 2.33. The van der Waals surface area contributed by atoms with Crippen LogP contribution in [0.2, 0.25) is 0 Å². The predicted molar refractivity (Wildman–Crippen MR) is 39.1 cm³/mol. The van der Waals surface area contributed by atoms with Crippen molar-refractivity contribution in [2.75, 3.05) is 0 Å². The van der Waals surface area contributed by atoms with Gasteiger partial charge in [-0.3, -0.25) is 4.79 Å². The van der Waals surface area contributed by atoms with Crippen molar-refractivity contribution in [3.8, 4) is 0 Å². The molecule has 0 aromatic rings. The van der Waals surface area contributed by atoms with Gasteiger partial charge < -0.3 is 15.2 Å². The molecule has 0 radical (unpaired) electrons. The molecule has 1 rings (SSSR count). The van der Waals surface area contributed by atoms with Crippen LogP contribution in [0.25, 0.3) is 0 Å². The molecule has 1 heterocycles. The number of carbonyl (C=O) groups excluding carboxylic acids is 2. The Kier molecular flexibility index (Phi) is 2.32. The largest absolute Gasteiger partial charge is 0.461 e. The molecule has 0 spiro atoms. The molecule has 0 bridgehead atoms. The minimum atomic E-state index is -0.781. The van der Waals surface area contributed by atoms with Crippen LogP contribution in [0, 0.1) is 0 Å². The van der Waals surface area contributed by atoms with Crippen molar-refractivity contribution >= 4 is 11.9 Å². The van der Waals surface area contributed by atoms with Gasteiger partial charge in [0.1, 0.15) is 0 Å². The molecule has 2 atom stereocenters. The SMILES string of the molecule is CC(C)OC(=O)[C@@H]1O[C@@H]1C(N)=O. The van der Waals surface area contributed by atoms with Crippen molar-refractivity contribution in [1.82, 2.24) is 0 Å². The van der Waals surface area contributed by atoms with E-state index in [0.717, 1.165) is 0 Å². The van der Waals surface area contributed by atoms with Gasteiger partial charge in [0, 0.05) is 0 Å². The first-order chi connectivity index (χ1) is 5.52. The minimum absolute atomic E-state index is 0.199. The number of nitrogens with two attached hydrogens (primary N) is 1. The molecule has 2 N–H and O–H groups in total. The number of primary amides is 1. The Morgan fingerprint density at radius 1 is 1.42 bits per heavy atom.